The number of amides is 2. The molecule has 0 aromatic heterocycles. The Morgan fingerprint density at radius 2 is 1.36 bits per heavy atom. The predicted molar refractivity (Wildman–Crippen MR) is 84.5 cm³/mol. The SMILES string of the molecule is CC(=O)NCCN(CCNC(C)=O)CCOCCOCCN. The van der Waals surface area contributed by atoms with Gasteiger partial charge in [0.15, 0.2) is 0 Å². The molecule has 0 unspecified atom stereocenters. The smallest absolute Gasteiger partial charge is 0.216 e. The molecule has 0 aromatic rings. The normalized spacial score (nSPS) is 10.7. The van der Waals surface area contributed by atoms with Gasteiger partial charge < -0.3 is 25.8 Å². The van der Waals surface area contributed by atoms with Crippen molar-refractivity contribution in [1.29, 1.82) is 0 Å². The average molecular weight is 318 g/mol. The molecule has 22 heavy (non-hydrogen) atoms. The summed E-state index contributed by atoms with van der Waals surface area (Å²) in [5.74, 6) is -0.0924. The van der Waals surface area contributed by atoms with Crippen molar-refractivity contribution in [3.05, 3.63) is 0 Å². The van der Waals surface area contributed by atoms with E-state index in [0.29, 0.717) is 59.2 Å². The van der Waals surface area contributed by atoms with Crippen LogP contribution in [0, 0.1) is 0 Å². The zero-order valence-corrected chi connectivity index (χ0v) is 13.7. The zero-order valence-electron chi connectivity index (χ0n) is 13.7. The number of hydrogen-bond donors (Lipinski definition) is 3. The minimum Gasteiger partial charge on any atom is -0.378 e. The first-order valence-corrected chi connectivity index (χ1v) is 7.63. The fourth-order valence-electron chi connectivity index (χ4n) is 1.71. The minimum absolute atomic E-state index is 0.0462. The standard InChI is InChI=1S/C14H30N4O4/c1-13(19)16-4-6-18(7-5-17-14(2)20)8-10-22-12-11-21-9-3-15/h3-12,15H2,1-2H3,(H,16,19)(H,17,20). The van der Waals surface area contributed by atoms with Gasteiger partial charge in [0.05, 0.1) is 26.4 Å². The highest BCUT2D eigenvalue weighted by Gasteiger charge is 2.05. The Morgan fingerprint density at radius 1 is 0.864 bits per heavy atom. The number of nitrogens with zero attached hydrogens (tertiary/aromatic N) is 1. The van der Waals surface area contributed by atoms with Gasteiger partial charge in [0, 0.05) is 53.1 Å². The van der Waals surface area contributed by atoms with Crippen molar-refractivity contribution in [3.8, 4) is 0 Å². The Kier molecular flexibility index (Phi) is 13.9. The van der Waals surface area contributed by atoms with E-state index in [1.54, 1.807) is 0 Å². The van der Waals surface area contributed by atoms with E-state index in [-0.39, 0.29) is 11.8 Å². The molecule has 0 saturated heterocycles. The number of nitrogens with one attached hydrogen (secondary N) is 2. The van der Waals surface area contributed by atoms with E-state index < -0.39 is 0 Å². The third-order valence-electron chi connectivity index (χ3n) is 2.79. The molecular weight excluding hydrogens is 288 g/mol. The Bertz CT molecular complexity index is 283. The molecule has 0 atom stereocenters. The van der Waals surface area contributed by atoms with Crippen LogP contribution in [0.5, 0.6) is 0 Å². The van der Waals surface area contributed by atoms with Gasteiger partial charge >= 0.3 is 0 Å². The van der Waals surface area contributed by atoms with Crippen LogP contribution in [0.4, 0.5) is 0 Å². The Balaban J connectivity index is 3.79. The summed E-state index contributed by atoms with van der Waals surface area (Å²) in [6, 6.07) is 0. The molecule has 0 aliphatic rings. The molecule has 8 heteroatoms. The van der Waals surface area contributed by atoms with Crippen LogP contribution in [0.25, 0.3) is 0 Å². The van der Waals surface area contributed by atoms with Gasteiger partial charge in [-0.3, -0.25) is 14.5 Å². The Hall–Kier alpha value is -1.22. The fourth-order valence-corrected chi connectivity index (χ4v) is 1.71. The van der Waals surface area contributed by atoms with E-state index in [4.69, 9.17) is 15.2 Å². The maximum atomic E-state index is 10.9. The second-order valence-corrected chi connectivity index (χ2v) is 4.82. The first-order valence-electron chi connectivity index (χ1n) is 7.63. The van der Waals surface area contributed by atoms with Gasteiger partial charge in [-0.05, 0) is 0 Å². The summed E-state index contributed by atoms with van der Waals surface area (Å²) in [6.07, 6.45) is 0. The second-order valence-electron chi connectivity index (χ2n) is 4.82. The molecule has 0 fully saturated rings. The van der Waals surface area contributed by atoms with Gasteiger partial charge in [-0.15, -0.1) is 0 Å². The molecule has 0 bridgehead atoms. The van der Waals surface area contributed by atoms with Crippen molar-refractivity contribution in [2.24, 2.45) is 5.73 Å². The number of ether oxygens (including phenoxy) is 2. The summed E-state index contributed by atoms with van der Waals surface area (Å²) in [5, 5.41) is 5.52. The van der Waals surface area contributed by atoms with Crippen molar-refractivity contribution < 1.29 is 19.1 Å². The molecule has 2 amide bonds. The fraction of sp³-hybridized carbons (Fsp3) is 0.857. The minimum atomic E-state index is -0.0462. The summed E-state index contributed by atoms with van der Waals surface area (Å²) in [6.45, 7) is 9.01. The lowest BCUT2D eigenvalue weighted by atomic mass is 10.4. The lowest BCUT2D eigenvalue weighted by Gasteiger charge is -2.22. The van der Waals surface area contributed by atoms with Gasteiger partial charge in [0.1, 0.15) is 0 Å². The number of hydrogen-bond acceptors (Lipinski definition) is 6. The molecule has 0 spiro atoms. The molecule has 0 aliphatic carbocycles. The molecular formula is C14H30N4O4. The third-order valence-corrected chi connectivity index (χ3v) is 2.79. The highest BCUT2D eigenvalue weighted by Crippen LogP contribution is 1.89. The van der Waals surface area contributed by atoms with Gasteiger partial charge in [-0.1, -0.05) is 0 Å². The topological polar surface area (TPSA) is 106 Å². The molecule has 0 aromatic carbocycles. The molecule has 8 nitrogen and oxygen atoms in total. The van der Waals surface area contributed by atoms with E-state index in [1.807, 2.05) is 0 Å². The third kappa shape index (κ3) is 15.2. The molecule has 4 N–H and O–H groups in total. The van der Waals surface area contributed by atoms with Crippen molar-refractivity contribution in [2.45, 2.75) is 13.8 Å². The van der Waals surface area contributed by atoms with Crippen molar-refractivity contribution in [2.75, 3.05) is 65.7 Å². The van der Waals surface area contributed by atoms with Crippen molar-refractivity contribution in [1.82, 2.24) is 15.5 Å². The van der Waals surface area contributed by atoms with Crippen molar-refractivity contribution in [3.63, 3.8) is 0 Å². The number of carbonyl (C=O) groups excluding carboxylic acids is 2. The molecule has 0 aliphatic heterocycles. The van der Waals surface area contributed by atoms with Crippen LogP contribution in [-0.2, 0) is 19.1 Å². The van der Waals surface area contributed by atoms with Crippen LogP contribution in [0.15, 0.2) is 0 Å². The van der Waals surface area contributed by atoms with Gasteiger partial charge in [0.2, 0.25) is 11.8 Å². The summed E-state index contributed by atoms with van der Waals surface area (Å²) in [5.41, 5.74) is 5.31. The van der Waals surface area contributed by atoms with E-state index in [2.05, 4.69) is 15.5 Å². The molecule has 0 heterocycles. The summed E-state index contributed by atoms with van der Waals surface area (Å²) in [7, 11) is 0. The van der Waals surface area contributed by atoms with E-state index in [0.717, 1.165) is 6.54 Å². The lowest BCUT2D eigenvalue weighted by molar-refractivity contribution is -0.119. The summed E-state index contributed by atoms with van der Waals surface area (Å²) >= 11 is 0. The summed E-state index contributed by atoms with van der Waals surface area (Å²) < 4.78 is 10.7. The maximum Gasteiger partial charge on any atom is 0.216 e. The van der Waals surface area contributed by atoms with E-state index >= 15 is 0 Å². The van der Waals surface area contributed by atoms with Crippen LogP contribution in [0.1, 0.15) is 13.8 Å². The first kappa shape index (κ1) is 20.8. The second kappa shape index (κ2) is 14.7. The average Bonchev–Trinajstić information content (AvgIpc) is 2.45. The van der Waals surface area contributed by atoms with Gasteiger partial charge in [-0.2, -0.15) is 0 Å². The van der Waals surface area contributed by atoms with Crippen LogP contribution < -0.4 is 16.4 Å². The largest absolute Gasteiger partial charge is 0.378 e. The van der Waals surface area contributed by atoms with Gasteiger partial charge in [-0.25, -0.2) is 0 Å². The Morgan fingerprint density at radius 3 is 1.82 bits per heavy atom. The number of rotatable bonds is 14. The predicted octanol–water partition coefficient (Wildman–Crippen LogP) is -1.45. The zero-order chi connectivity index (χ0) is 16.6. The molecule has 0 radical (unpaired) electrons. The van der Waals surface area contributed by atoms with Crippen LogP contribution in [-0.4, -0.2) is 82.4 Å². The van der Waals surface area contributed by atoms with E-state index in [1.165, 1.54) is 13.8 Å². The summed E-state index contributed by atoms with van der Waals surface area (Å²) in [4.78, 5) is 23.9. The van der Waals surface area contributed by atoms with Crippen LogP contribution in [0.2, 0.25) is 0 Å². The van der Waals surface area contributed by atoms with E-state index in [9.17, 15) is 9.59 Å². The number of carbonyl (C=O) groups is 2. The van der Waals surface area contributed by atoms with Crippen LogP contribution in [0.3, 0.4) is 0 Å². The lowest BCUT2D eigenvalue weighted by Crippen LogP contribution is -2.40. The maximum absolute atomic E-state index is 10.9. The van der Waals surface area contributed by atoms with Crippen LogP contribution >= 0.6 is 0 Å². The molecule has 0 saturated carbocycles. The molecule has 130 valence electrons. The monoisotopic (exact) mass is 318 g/mol. The quantitative estimate of drug-likeness (QED) is 0.339. The highest BCUT2D eigenvalue weighted by atomic mass is 16.5. The first-order chi connectivity index (χ1) is 10.6. The molecule has 0 rings (SSSR count). The van der Waals surface area contributed by atoms with Crippen molar-refractivity contribution >= 4 is 11.8 Å². The highest BCUT2D eigenvalue weighted by molar-refractivity contribution is 5.73. The Labute approximate surface area is 132 Å². The number of nitrogens with two attached hydrogens (primary N) is 1. The van der Waals surface area contributed by atoms with Gasteiger partial charge in [0.25, 0.3) is 0 Å².